The van der Waals surface area contributed by atoms with Crippen molar-refractivity contribution in [3.63, 3.8) is 0 Å². The number of hydrogen-bond acceptors (Lipinski definition) is 3. The van der Waals surface area contributed by atoms with Gasteiger partial charge in [0.25, 0.3) is 0 Å². The third-order valence-electron chi connectivity index (χ3n) is 1.60. The summed E-state index contributed by atoms with van der Waals surface area (Å²) in [4.78, 5) is 0. The Hall–Kier alpha value is -0.560. The number of rotatable bonds is 1. The molecule has 0 aromatic rings. The van der Waals surface area contributed by atoms with Gasteiger partial charge in [0, 0.05) is 6.42 Å². The van der Waals surface area contributed by atoms with E-state index in [0.29, 0.717) is 13.0 Å². The van der Waals surface area contributed by atoms with Crippen LogP contribution in [0.1, 0.15) is 20.3 Å². The Bertz CT molecular complexity index is 200. The van der Waals surface area contributed by atoms with Gasteiger partial charge in [-0.05, 0) is 13.8 Å². The van der Waals surface area contributed by atoms with Gasteiger partial charge in [-0.1, -0.05) is 11.8 Å². The Morgan fingerprint density at radius 3 is 2.75 bits per heavy atom. The maximum absolute atomic E-state index is 8.40. The summed E-state index contributed by atoms with van der Waals surface area (Å²) in [5.41, 5.74) is 0. The topological polar surface area (TPSA) is 38.7 Å². The molecule has 1 saturated heterocycles. The van der Waals surface area contributed by atoms with Crippen molar-refractivity contribution in [1.82, 2.24) is 0 Å². The molecule has 1 aliphatic heterocycles. The lowest BCUT2D eigenvalue weighted by molar-refractivity contribution is -0.137. The number of ether oxygens (including phenoxy) is 2. The van der Waals surface area contributed by atoms with Crippen LogP contribution in [0.15, 0.2) is 0 Å². The van der Waals surface area contributed by atoms with Gasteiger partial charge in [0.2, 0.25) is 0 Å². The predicted molar refractivity (Wildman–Crippen MR) is 44.4 cm³/mol. The fourth-order valence-electron chi connectivity index (χ4n) is 1.11. The predicted octanol–water partition coefficient (Wildman–Crippen LogP) is 0.524. The van der Waals surface area contributed by atoms with Crippen LogP contribution in [0, 0.1) is 11.8 Å². The maximum atomic E-state index is 8.40. The van der Waals surface area contributed by atoms with E-state index >= 15 is 0 Å². The lowest BCUT2D eigenvalue weighted by atomic mass is 10.3. The zero-order valence-electron chi connectivity index (χ0n) is 7.46. The molecule has 3 nitrogen and oxygen atoms in total. The highest BCUT2D eigenvalue weighted by molar-refractivity contribution is 5.00. The first kappa shape index (κ1) is 9.53. The number of aliphatic hydroxyl groups excluding tert-OH is 1. The number of hydrogen-bond donors (Lipinski definition) is 1. The van der Waals surface area contributed by atoms with E-state index in [4.69, 9.17) is 14.6 Å². The molecular weight excluding hydrogens is 156 g/mol. The molecule has 1 aliphatic rings. The molecule has 1 rings (SSSR count). The van der Waals surface area contributed by atoms with Gasteiger partial charge in [-0.3, -0.25) is 0 Å². The minimum absolute atomic E-state index is 0.0547. The Morgan fingerprint density at radius 2 is 2.25 bits per heavy atom. The van der Waals surface area contributed by atoms with E-state index in [1.54, 1.807) is 0 Å². The zero-order chi connectivity index (χ0) is 9.03. The van der Waals surface area contributed by atoms with Gasteiger partial charge in [-0.15, -0.1) is 0 Å². The highest BCUT2D eigenvalue weighted by atomic mass is 16.7. The molecule has 1 atom stereocenters. The minimum atomic E-state index is -0.467. The normalized spacial score (nSPS) is 26.4. The second-order valence-corrected chi connectivity index (χ2v) is 3.17. The summed E-state index contributed by atoms with van der Waals surface area (Å²) in [6.07, 6.45) is 0.684. The van der Waals surface area contributed by atoms with E-state index in [2.05, 4.69) is 11.8 Å². The smallest absolute Gasteiger partial charge is 0.163 e. The van der Waals surface area contributed by atoms with Crippen molar-refractivity contribution < 1.29 is 14.6 Å². The fourth-order valence-corrected chi connectivity index (χ4v) is 1.11. The molecule has 1 heterocycles. The molecular formula is C9H14O3. The zero-order valence-corrected chi connectivity index (χ0v) is 7.46. The quantitative estimate of drug-likeness (QED) is 0.583. The Kier molecular flexibility index (Phi) is 3.10. The molecule has 3 heteroatoms. The highest BCUT2D eigenvalue weighted by Crippen LogP contribution is 2.23. The van der Waals surface area contributed by atoms with Crippen molar-refractivity contribution in [2.24, 2.45) is 0 Å². The van der Waals surface area contributed by atoms with Gasteiger partial charge in [-0.2, -0.15) is 0 Å². The van der Waals surface area contributed by atoms with Crippen molar-refractivity contribution in [3.05, 3.63) is 0 Å². The summed E-state index contributed by atoms with van der Waals surface area (Å²) in [6, 6.07) is 0. The average Bonchev–Trinajstić information content (AvgIpc) is 2.31. The van der Waals surface area contributed by atoms with Crippen LogP contribution >= 0.6 is 0 Å². The molecule has 0 saturated carbocycles. The SMILES string of the molecule is CC1(C)OC[C@H](CC#CCO)O1. The summed E-state index contributed by atoms with van der Waals surface area (Å²) in [7, 11) is 0. The third kappa shape index (κ3) is 2.82. The largest absolute Gasteiger partial charge is 0.384 e. The Balaban J connectivity index is 2.28. The van der Waals surface area contributed by atoms with E-state index in [0.717, 1.165) is 0 Å². The Labute approximate surface area is 72.7 Å². The maximum Gasteiger partial charge on any atom is 0.163 e. The molecule has 68 valence electrons. The molecule has 0 aliphatic carbocycles. The lowest BCUT2D eigenvalue weighted by Crippen LogP contribution is -2.21. The van der Waals surface area contributed by atoms with Gasteiger partial charge in [0.15, 0.2) is 5.79 Å². The first-order valence-electron chi connectivity index (χ1n) is 4.02. The van der Waals surface area contributed by atoms with Crippen LogP contribution in [-0.4, -0.2) is 30.2 Å². The molecule has 0 aromatic heterocycles. The van der Waals surface area contributed by atoms with Gasteiger partial charge >= 0.3 is 0 Å². The first-order chi connectivity index (χ1) is 5.64. The van der Waals surface area contributed by atoms with E-state index in [1.807, 2.05) is 13.8 Å². The summed E-state index contributed by atoms with van der Waals surface area (Å²) in [5, 5.41) is 8.40. The number of aliphatic hydroxyl groups is 1. The van der Waals surface area contributed by atoms with Crippen molar-refractivity contribution in [3.8, 4) is 11.8 Å². The Morgan fingerprint density at radius 1 is 1.50 bits per heavy atom. The molecule has 0 bridgehead atoms. The molecule has 12 heavy (non-hydrogen) atoms. The van der Waals surface area contributed by atoms with Crippen LogP contribution in [0.4, 0.5) is 0 Å². The summed E-state index contributed by atoms with van der Waals surface area (Å²) in [5.74, 6) is 4.92. The molecule has 0 amide bonds. The molecule has 1 N–H and O–H groups in total. The minimum Gasteiger partial charge on any atom is -0.384 e. The lowest BCUT2D eigenvalue weighted by Gasteiger charge is -2.15. The molecule has 0 unspecified atom stereocenters. The summed E-state index contributed by atoms with van der Waals surface area (Å²) in [6.45, 7) is 4.27. The van der Waals surface area contributed by atoms with Gasteiger partial charge in [0.1, 0.15) is 6.61 Å². The second-order valence-electron chi connectivity index (χ2n) is 3.17. The molecule has 0 aromatic carbocycles. The van der Waals surface area contributed by atoms with E-state index in [9.17, 15) is 0 Å². The van der Waals surface area contributed by atoms with Crippen molar-refractivity contribution in [2.75, 3.05) is 13.2 Å². The van der Waals surface area contributed by atoms with Gasteiger partial charge in [0.05, 0.1) is 12.7 Å². The third-order valence-corrected chi connectivity index (χ3v) is 1.60. The van der Waals surface area contributed by atoms with Crippen molar-refractivity contribution in [2.45, 2.75) is 32.2 Å². The highest BCUT2D eigenvalue weighted by Gasteiger charge is 2.31. The monoisotopic (exact) mass is 170 g/mol. The standard InChI is InChI=1S/C9H14O3/c1-9(2)11-7-8(12-9)5-3-4-6-10/h8,10H,5-7H2,1-2H3/t8-/m0/s1. The fraction of sp³-hybridized carbons (Fsp3) is 0.778. The summed E-state index contributed by atoms with van der Waals surface area (Å²) >= 11 is 0. The van der Waals surface area contributed by atoms with Crippen LogP contribution in [-0.2, 0) is 9.47 Å². The van der Waals surface area contributed by atoms with Crippen LogP contribution in [0.2, 0.25) is 0 Å². The van der Waals surface area contributed by atoms with Crippen molar-refractivity contribution in [1.29, 1.82) is 0 Å². The molecule has 1 fully saturated rings. The molecule has 0 spiro atoms. The average molecular weight is 170 g/mol. The van der Waals surface area contributed by atoms with Crippen LogP contribution in [0.3, 0.4) is 0 Å². The first-order valence-corrected chi connectivity index (χ1v) is 4.02. The van der Waals surface area contributed by atoms with E-state index < -0.39 is 5.79 Å². The molecule has 0 radical (unpaired) electrons. The van der Waals surface area contributed by atoms with Crippen molar-refractivity contribution >= 4 is 0 Å². The second kappa shape index (κ2) is 3.90. The van der Waals surface area contributed by atoms with E-state index in [1.165, 1.54) is 0 Å². The van der Waals surface area contributed by atoms with Crippen LogP contribution in [0.5, 0.6) is 0 Å². The van der Waals surface area contributed by atoms with Gasteiger partial charge in [-0.25, -0.2) is 0 Å². The van der Waals surface area contributed by atoms with E-state index in [-0.39, 0.29) is 12.7 Å². The van der Waals surface area contributed by atoms with Crippen LogP contribution < -0.4 is 0 Å². The van der Waals surface area contributed by atoms with Gasteiger partial charge < -0.3 is 14.6 Å². The van der Waals surface area contributed by atoms with Crippen LogP contribution in [0.25, 0.3) is 0 Å². The summed E-state index contributed by atoms with van der Waals surface area (Å²) < 4.78 is 10.8.